The van der Waals surface area contributed by atoms with Crippen molar-refractivity contribution in [3.63, 3.8) is 0 Å². The minimum atomic E-state index is -0.341. The van der Waals surface area contributed by atoms with Crippen LogP contribution >= 0.6 is 0 Å². The number of carbonyl (C=O) groups is 1. The maximum absolute atomic E-state index is 11.9. The van der Waals surface area contributed by atoms with Gasteiger partial charge in [0.2, 0.25) is 0 Å². The summed E-state index contributed by atoms with van der Waals surface area (Å²) in [7, 11) is 1.51. The number of anilines is 2. The van der Waals surface area contributed by atoms with Crippen molar-refractivity contribution in [1.82, 2.24) is 4.98 Å². The monoisotopic (exact) mass is 247 g/mol. The number of benzene rings is 1. The second-order valence-corrected chi connectivity index (χ2v) is 3.70. The number of nitrogens with zero attached hydrogens (tertiary/aromatic N) is 1. The number of carbonyl (C=O) groups excluding carboxylic acids is 1. The van der Waals surface area contributed by atoms with Crippen LogP contribution in [0.3, 0.4) is 0 Å². The van der Waals surface area contributed by atoms with Crippen molar-refractivity contribution in [3.05, 3.63) is 35.7 Å². The highest BCUT2D eigenvalue weighted by Gasteiger charge is 2.11. The van der Waals surface area contributed by atoms with Crippen molar-refractivity contribution < 1.29 is 13.9 Å². The molecule has 0 radical (unpaired) electrons. The molecule has 0 aliphatic carbocycles. The molecular weight excluding hydrogens is 234 g/mol. The highest BCUT2D eigenvalue weighted by atomic mass is 16.5. The molecule has 0 atom stereocenters. The number of amides is 1. The molecular formula is C12H13N3O3. The standard InChI is InChI=1S/C12H13N3O3/c1-7-6-18-12(14-7)15-11(16)8-3-4-10(17-2)9(13)5-8/h3-6H,13H2,1-2H3,(H,14,15,16). The summed E-state index contributed by atoms with van der Waals surface area (Å²) in [5, 5.41) is 2.53. The molecule has 1 amide bonds. The van der Waals surface area contributed by atoms with Crippen molar-refractivity contribution in [2.24, 2.45) is 0 Å². The molecule has 1 heterocycles. The Morgan fingerprint density at radius 3 is 2.83 bits per heavy atom. The number of aryl methyl sites for hydroxylation is 1. The zero-order valence-corrected chi connectivity index (χ0v) is 10.1. The van der Waals surface area contributed by atoms with Gasteiger partial charge in [0, 0.05) is 5.56 Å². The minimum Gasteiger partial charge on any atom is -0.495 e. The zero-order valence-electron chi connectivity index (χ0n) is 10.1. The first kappa shape index (κ1) is 12.0. The quantitative estimate of drug-likeness (QED) is 0.807. The van der Waals surface area contributed by atoms with Crippen LogP contribution in [-0.4, -0.2) is 18.0 Å². The van der Waals surface area contributed by atoms with E-state index in [9.17, 15) is 4.79 Å². The number of hydrogen-bond donors (Lipinski definition) is 2. The number of hydrogen-bond acceptors (Lipinski definition) is 5. The SMILES string of the molecule is COc1ccc(C(=O)Nc2nc(C)co2)cc1N. The van der Waals surface area contributed by atoms with Gasteiger partial charge in [0.15, 0.2) is 0 Å². The molecule has 6 heteroatoms. The molecule has 1 aromatic carbocycles. The molecule has 2 rings (SSSR count). The van der Waals surface area contributed by atoms with E-state index in [-0.39, 0.29) is 11.9 Å². The largest absolute Gasteiger partial charge is 0.495 e. The lowest BCUT2D eigenvalue weighted by Gasteiger charge is -2.06. The summed E-state index contributed by atoms with van der Waals surface area (Å²) in [6.45, 7) is 1.77. The van der Waals surface area contributed by atoms with Gasteiger partial charge in [0.05, 0.1) is 18.5 Å². The lowest BCUT2D eigenvalue weighted by Crippen LogP contribution is -2.12. The van der Waals surface area contributed by atoms with Crippen molar-refractivity contribution >= 4 is 17.6 Å². The summed E-state index contributed by atoms with van der Waals surface area (Å²) >= 11 is 0. The molecule has 0 spiro atoms. The summed E-state index contributed by atoms with van der Waals surface area (Å²) in [5.41, 5.74) is 7.22. The molecule has 18 heavy (non-hydrogen) atoms. The van der Waals surface area contributed by atoms with Crippen LogP contribution in [0.15, 0.2) is 28.9 Å². The summed E-state index contributed by atoms with van der Waals surface area (Å²) in [6.07, 6.45) is 1.46. The molecule has 94 valence electrons. The van der Waals surface area contributed by atoms with E-state index in [4.69, 9.17) is 14.9 Å². The molecule has 2 aromatic rings. The van der Waals surface area contributed by atoms with Gasteiger partial charge >= 0.3 is 6.01 Å². The van der Waals surface area contributed by atoms with Gasteiger partial charge in [-0.1, -0.05) is 0 Å². The average molecular weight is 247 g/mol. The van der Waals surface area contributed by atoms with Gasteiger partial charge < -0.3 is 14.9 Å². The van der Waals surface area contributed by atoms with Gasteiger partial charge in [-0.2, -0.15) is 4.98 Å². The van der Waals surface area contributed by atoms with Gasteiger partial charge in [-0.3, -0.25) is 10.1 Å². The maximum atomic E-state index is 11.9. The first-order valence-electron chi connectivity index (χ1n) is 5.27. The fourth-order valence-electron chi connectivity index (χ4n) is 1.46. The number of aromatic nitrogens is 1. The van der Waals surface area contributed by atoms with Crippen molar-refractivity contribution in [2.75, 3.05) is 18.2 Å². The highest BCUT2D eigenvalue weighted by molar-refractivity contribution is 6.03. The Kier molecular flexibility index (Phi) is 3.18. The molecule has 0 saturated heterocycles. The Labute approximate surface area is 104 Å². The Bertz CT molecular complexity index is 578. The summed E-state index contributed by atoms with van der Waals surface area (Å²) in [5.74, 6) is 0.185. The number of nitrogens with one attached hydrogen (secondary N) is 1. The van der Waals surface area contributed by atoms with Crippen LogP contribution in [-0.2, 0) is 0 Å². The molecule has 0 saturated carbocycles. The smallest absolute Gasteiger partial charge is 0.301 e. The van der Waals surface area contributed by atoms with Gasteiger partial charge in [-0.25, -0.2) is 0 Å². The predicted octanol–water partition coefficient (Wildman–Crippen LogP) is 1.83. The van der Waals surface area contributed by atoms with Gasteiger partial charge in [0.25, 0.3) is 5.91 Å². The van der Waals surface area contributed by atoms with E-state index >= 15 is 0 Å². The number of nitrogen functional groups attached to an aromatic ring is 1. The van der Waals surface area contributed by atoms with Crippen LogP contribution in [0.25, 0.3) is 0 Å². The third kappa shape index (κ3) is 2.42. The summed E-state index contributed by atoms with van der Waals surface area (Å²) in [6, 6.07) is 4.93. The number of rotatable bonds is 3. The zero-order chi connectivity index (χ0) is 13.1. The van der Waals surface area contributed by atoms with E-state index in [2.05, 4.69) is 10.3 Å². The maximum Gasteiger partial charge on any atom is 0.301 e. The average Bonchev–Trinajstić information content (AvgIpc) is 2.74. The molecule has 0 bridgehead atoms. The van der Waals surface area contributed by atoms with E-state index in [0.717, 1.165) is 0 Å². The van der Waals surface area contributed by atoms with Gasteiger partial charge in [0.1, 0.15) is 12.0 Å². The van der Waals surface area contributed by atoms with Crippen LogP contribution < -0.4 is 15.8 Å². The fraction of sp³-hybridized carbons (Fsp3) is 0.167. The molecule has 0 fully saturated rings. The summed E-state index contributed by atoms with van der Waals surface area (Å²) < 4.78 is 10.0. The first-order chi connectivity index (χ1) is 8.60. The van der Waals surface area contributed by atoms with E-state index < -0.39 is 0 Å². The fourth-order valence-corrected chi connectivity index (χ4v) is 1.46. The predicted molar refractivity (Wildman–Crippen MR) is 66.6 cm³/mol. The number of nitrogens with two attached hydrogens (primary N) is 1. The van der Waals surface area contributed by atoms with Crippen LogP contribution in [0.1, 0.15) is 16.1 Å². The third-order valence-electron chi connectivity index (χ3n) is 2.33. The van der Waals surface area contributed by atoms with Crippen LogP contribution in [0, 0.1) is 6.92 Å². The number of ether oxygens (including phenoxy) is 1. The number of methoxy groups -OCH3 is 1. The Balaban J connectivity index is 2.16. The van der Waals surface area contributed by atoms with Gasteiger partial charge in [-0.15, -0.1) is 0 Å². The van der Waals surface area contributed by atoms with Gasteiger partial charge in [-0.05, 0) is 25.1 Å². The van der Waals surface area contributed by atoms with Crippen LogP contribution in [0.2, 0.25) is 0 Å². The lowest BCUT2D eigenvalue weighted by atomic mass is 10.2. The topological polar surface area (TPSA) is 90.4 Å². The Morgan fingerprint density at radius 2 is 2.28 bits per heavy atom. The lowest BCUT2D eigenvalue weighted by molar-refractivity contribution is 0.102. The van der Waals surface area contributed by atoms with Crippen molar-refractivity contribution in [1.29, 1.82) is 0 Å². The Morgan fingerprint density at radius 1 is 1.50 bits per heavy atom. The molecule has 0 unspecified atom stereocenters. The highest BCUT2D eigenvalue weighted by Crippen LogP contribution is 2.22. The van der Waals surface area contributed by atoms with E-state index in [1.165, 1.54) is 19.4 Å². The second-order valence-electron chi connectivity index (χ2n) is 3.70. The summed E-state index contributed by atoms with van der Waals surface area (Å²) in [4.78, 5) is 15.8. The molecule has 1 aromatic heterocycles. The van der Waals surface area contributed by atoms with E-state index in [1.807, 2.05) is 0 Å². The normalized spacial score (nSPS) is 10.1. The molecule has 0 aliphatic heterocycles. The second kappa shape index (κ2) is 4.79. The molecule has 6 nitrogen and oxygen atoms in total. The van der Waals surface area contributed by atoms with E-state index in [0.29, 0.717) is 22.7 Å². The van der Waals surface area contributed by atoms with Crippen LogP contribution in [0.4, 0.5) is 11.7 Å². The Hall–Kier alpha value is -2.50. The number of oxazole rings is 1. The molecule has 3 N–H and O–H groups in total. The van der Waals surface area contributed by atoms with Crippen molar-refractivity contribution in [2.45, 2.75) is 6.92 Å². The first-order valence-corrected chi connectivity index (χ1v) is 5.27. The third-order valence-corrected chi connectivity index (χ3v) is 2.33. The van der Waals surface area contributed by atoms with E-state index in [1.54, 1.807) is 19.1 Å². The molecule has 0 aliphatic rings. The van der Waals surface area contributed by atoms with Crippen LogP contribution in [0.5, 0.6) is 5.75 Å². The minimum absolute atomic E-state index is 0.159. The van der Waals surface area contributed by atoms with Crippen molar-refractivity contribution in [3.8, 4) is 5.75 Å².